The summed E-state index contributed by atoms with van der Waals surface area (Å²) in [5.74, 6) is 0.902. The summed E-state index contributed by atoms with van der Waals surface area (Å²) >= 11 is 13.4. The van der Waals surface area contributed by atoms with Gasteiger partial charge in [-0.15, -0.1) is 11.3 Å². The standard InChI is InChI=1S/C22H17Cl2N3O2S/c23-17-7-5-15(6-8-17)12-27-10-9-21(26-27)25-22(28)20-11-16(14-30-20)13-29-19-4-2-1-3-18(19)24/h1-11,14H,12-13H2,(H,25,26,28). The van der Waals surface area contributed by atoms with Crippen molar-refractivity contribution in [2.75, 3.05) is 5.32 Å². The molecule has 8 heteroatoms. The van der Waals surface area contributed by atoms with Crippen molar-refractivity contribution in [3.8, 4) is 5.75 Å². The number of nitrogens with zero attached hydrogens (tertiary/aromatic N) is 2. The molecule has 1 amide bonds. The van der Waals surface area contributed by atoms with E-state index in [9.17, 15) is 4.79 Å². The first-order valence-corrected chi connectivity index (χ1v) is 10.7. The van der Waals surface area contributed by atoms with E-state index in [1.807, 2.05) is 60.1 Å². The van der Waals surface area contributed by atoms with Crippen molar-refractivity contribution in [3.05, 3.63) is 98.3 Å². The van der Waals surface area contributed by atoms with Gasteiger partial charge in [0.15, 0.2) is 5.82 Å². The lowest BCUT2D eigenvalue weighted by molar-refractivity contribution is 0.103. The number of carbonyl (C=O) groups is 1. The highest BCUT2D eigenvalue weighted by atomic mass is 35.5. The van der Waals surface area contributed by atoms with Crippen LogP contribution >= 0.6 is 34.5 Å². The van der Waals surface area contributed by atoms with Crippen LogP contribution < -0.4 is 10.1 Å². The number of halogens is 2. The Balaban J connectivity index is 1.34. The van der Waals surface area contributed by atoms with Gasteiger partial charge >= 0.3 is 0 Å². The molecule has 0 unspecified atom stereocenters. The maximum absolute atomic E-state index is 12.5. The Morgan fingerprint density at radius 1 is 1.07 bits per heavy atom. The summed E-state index contributed by atoms with van der Waals surface area (Å²) in [5, 5.41) is 10.4. The third-order valence-electron chi connectivity index (χ3n) is 4.25. The van der Waals surface area contributed by atoms with Crippen molar-refractivity contribution >= 4 is 46.3 Å². The zero-order valence-electron chi connectivity index (χ0n) is 15.7. The fourth-order valence-corrected chi connectivity index (χ4v) is 3.87. The van der Waals surface area contributed by atoms with E-state index in [0.29, 0.717) is 39.6 Å². The fraction of sp³-hybridized carbons (Fsp3) is 0.0909. The highest BCUT2D eigenvalue weighted by Crippen LogP contribution is 2.25. The van der Waals surface area contributed by atoms with Gasteiger partial charge in [-0.25, -0.2) is 0 Å². The van der Waals surface area contributed by atoms with Gasteiger partial charge in [0.1, 0.15) is 12.4 Å². The molecule has 0 saturated heterocycles. The van der Waals surface area contributed by atoms with Gasteiger partial charge in [-0.2, -0.15) is 5.10 Å². The molecular weight excluding hydrogens is 441 g/mol. The second kappa shape index (κ2) is 9.34. The van der Waals surface area contributed by atoms with Gasteiger partial charge in [-0.1, -0.05) is 47.5 Å². The Kier molecular flexibility index (Phi) is 6.38. The van der Waals surface area contributed by atoms with Crippen LogP contribution in [0.4, 0.5) is 5.82 Å². The summed E-state index contributed by atoms with van der Waals surface area (Å²) in [6.07, 6.45) is 1.82. The summed E-state index contributed by atoms with van der Waals surface area (Å²) in [6.45, 7) is 0.929. The normalized spacial score (nSPS) is 10.7. The SMILES string of the molecule is O=C(Nc1ccn(Cc2ccc(Cl)cc2)n1)c1cc(COc2ccccc2Cl)cs1. The van der Waals surface area contributed by atoms with Gasteiger partial charge < -0.3 is 10.1 Å². The van der Waals surface area contributed by atoms with E-state index in [1.165, 1.54) is 11.3 Å². The van der Waals surface area contributed by atoms with Crippen LogP contribution in [-0.4, -0.2) is 15.7 Å². The zero-order valence-corrected chi connectivity index (χ0v) is 18.0. The molecule has 0 radical (unpaired) electrons. The molecule has 2 heterocycles. The summed E-state index contributed by atoms with van der Waals surface area (Å²) in [5.41, 5.74) is 1.97. The number of thiophene rings is 1. The number of nitrogens with one attached hydrogen (secondary N) is 1. The first-order valence-electron chi connectivity index (χ1n) is 9.11. The Hall–Kier alpha value is -2.80. The second-order valence-electron chi connectivity index (χ2n) is 6.52. The monoisotopic (exact) mass is 457 g/mol. The second-order valence-corrected chi connectivity index (χ2v) is 8.27. The molecule has 0 fully saturated rings. The molecule has 0 saturated carbocycles. The molecule has 30 heavy (non-hydrogen) atoms. The number of ether oxygens (including phenoxy) is 1. The third-order valence-corrected chi connectivity index (χ3v) is 5.79. The Bertz CT molecular complexity index is 1160. The van der Waals surface area contributed by atoms with Gasteiger partial charge in [0.25, 0.3) is 5.91 Å². The predicted octanol–water partition coefficient (Wildman–Crippen LogP) is 6.13. The molecule has 0 aliphatic rings. The summed E-state index contributed by atoms with van der Waals surface area (Å²) in [7, 11) is 0. The molecule has 2 aromatic carbocycles. The number of amides is 1. The molecule has 4 rings (SSSR count). The average Bonchev–Trinajstić information content (AvgIpc) is 3.39. The summed E-state index contributed by atoms with van der Waals surface area (Å²) in [6, 6.07) is 18.4. The van der Waals surface area contributed by atoms with Crippen molar-refractivity contribution in [1.29, 1.82) is 0 Å². The van der Waals surface area contributed by atoms with E-state index in [1.54, 1.807) is 16.8 Å². The number of para-hydroxylation sites is 1. The number of hydrogen-bond acceptors (Lipinski definition) is 4. The highest BCUT2D eigenvalue weighted by molar-refractivity contribution is 7.12. The minimum Gasteiger partial charge on any atom is -0.487 e. The third kappa shape index (κ3) is 5.21. The van der Waals surface area contributed by atoms with Crippen LogP contribution in [0.5, 0.6) is 5.75 Å². The molecule has 2 aromatic heterocycles. The Labute approximate surface area is 187 Å². The number of hydrogen-bond donors (Lipinski definition) is 1. The van der Waals surface area contributed by atoms with E-state index in [-0.39, 0.29) is 5.91 Å². The molecule has 0 spiro atoms. The lowest BCUT2D eigenvalue weighted by atomic mass is 10.2. The highest BCUT2D eigenvalue weighted by Gasteiger charge is 2.12. The average molecular weight is 458 g/mol. The summed E-state index contributed by atoms with van der Waals surface area (Å²) in [4.78, 5) is 13.1. The van der Waals surface area contributed by atoms with Gasteiger partial charge in [0.05, 0.1) is 16.4 Å². The molecule has 152 valence electrons. The minimum atomic E-state index is -0.208. The maximum atomic E-state index is 12.5. The van der Waals surface area contributed by atoms with E-state index in [0.717, 1.165) is 11.1 Å². The van der Waals surface area contributed by atoms with Crippen LogP contribution in [0, 0.1) is 0 Å². The molecular formula is C22H17Cl2N3O2S. The van der Waals surface area contributed by atoms with Gasteiger partial charge in [-0.05, 0) is 41.3 Å². The van der Waals surface area contributed by atoms with E-state index in [2.05, 4.69) is 10.4 Å². The molecule has 0 bridgehead atoms. The van der Waals surface area contributed by atoms with E-state index in [4.69, 9.17) is 27.9 Å². The van der Waals surface area contributed by atoms with Crippen LogP contribution in [0.15, 0.2) is 72.2 Å². The van der Waals surface area contributed by atoms with Crippen LogP contribution in [0.25, 0.3) is 0 Å². The Morgan fingerprint density at radius 3 is 2.67 bits per heavy atom. The molecule has 4 aromatic rings. The molecule has 0 aliphatic carbocycles. The quantitative estimate of drug-likeness (QED) is 0.363. The largest absolute Gasteiger partial charge is 0.487 e. The smallest absolute Gasteiger partial charge is 0.266 e. The van der Waals surface area contributed by atoms with E-state index >= 15 is 0 Å². The van der Waals surface area contributed by atoms with Crippen LogP contribution in [0.1, 0.15) is 20.8 Å². The van der Waals surface area contributed by atoms with Crippen LogP contribution in [-0.2, 0) is 13.2 Å². The molecule has 1 N–H and O–H groups in total. The fourth-order valence-electron chi connectivity index (χ4n) is 2.76. The lowest BCUT2D eigenvalue weighted by Crippen LogP contribution is -2.11. The van der Waals surface area contributed by atoms with Crippen molar-refractivity contribution in [3.63, 3.8) is 0 Å². The van der Waals surface area contributed by atoms with Gasteiger partial charge in [-0.3, -0.25) is 9.48 Å². The van der Waals surface area contributed by atoms with Crippen molar-refractivity contribution in [2.45, 2.75) is 13.2 Å². The predicted molar refractivity (Wildman–Crippen MR) is 121 cm³/mol. The number of rotatable bonds is 7. The Morgan fingerprint density at radius 2 is 1.87 bits per heavy atom. The minimum absolute atomic E-state index is 0.208. The number of carbonyl (C=O) groups excluding carboxylic acids is 1. The molecule has 0 atom stereocenters. The maximum Gasteiger partial charge on any atom is 0.266 e. The van der Waals surface area contributed by atoms with Crippen LogP contribution in [0.2, 0.25) is 10.0 Å². The lowest BCUT2D eigenvalue weighted by Gasteiger charge is -2.06. The number of aromatic nitrogens is 2. The molecule has 5 nitrogen and oxygen atoms in total. The topological polar surface area (TPSA) is 56.2 Å². The number of anilines is 1. The van der Waals surface area contributed by atoms with Crippen molar-refractivity contribution in [1.82, 2.24) is 9.78 Å². The van der Waals surface area contributed by atoms with Gasteiger partial charge in [0.2, 0.25) is 0 Å². The van der Waals surface area contributed by atoms with E-state index < -0.39 is 0 Å². The van der Waals surface area contributed by atoms with Crippen LogP contribution in [0.3, 0.4) is 0 Å². The molecule has 0 aliphatic heterocycles. The first-order chi connectivity index (χ1) is 14.6. The van der Waals surface area contributed by atoms with Gasteiger partial charge in [0, 0.05) is 22.8 Å². The zero-order chi connectivity index (χ0) is 20.9. The number of benzene rings is 2. The van der Waals surface area contributed by atoms with Crippen molar-refractivity contribution < 1.29 is 9.53 Å². The summed E-state index contributed by atoms with van der Waals surface area (Å²) < 4.78 is 7.48. The van der Waals surface area contributed by atoms with Crippen molar-refractivity contribution in [2.24, 2.45) is 0 Å². The first kappa shape index (κ1) is 20.5.